The van der Waals surface area contributed by atoms with E-state index < -0.39 is 0 Å². The van der Waals surface area contributed by atoms with E-state index in [2.05, 4.69) is 50.2 Å². The molecule has 0 radical (unpaired) electrons. The van der Waals surface area contributed by atoms with Crippen LogP contribution in [0.3, 0.4) is 0 Å². The Morgan fingerprint density at radius 2 is 1.83 bits per heavy atom. The second kappa shape index (κ2) is 8.73. The maximum atomic E-state index is 7.36. The fourth-order valence-electron chi connectivity index (χ4n) is 2.15. The summed E-state index contributed by atoms with van der Waals surface area (Å²) in [4.78, 5) is 2.09. The molecule has 0 fully saturated rings. The van der Waals surface area contributed by atoms with Crippen molar-refractivity contribution in [1.29, 1.82) is 5.53 Å². The number of aryl methyl sites for hydroxylation is 1. The molecule has 4 nitrogen and oxygen atoms in total. The Kier molecular flexibility index (Phi) is 6.67. The van der Waals surface area contributed by atoms with Crippen molar-refractivity contribution in [2.24, 2.45) is 11.0 Å². The van der Waals surface area contributed by atoms with Gasteiger partial charge in [-0.1, -0.05) is 44.7 Å². The third-order valence-corrected chi connectivity index (χ3v) is 4.54. The van der Waals surface area contributed by atoms with Gasteiger partial charge in [-0.2, -0.15) is 5.11 Å². The Bertz CT molecular complexity index is 685. The quantitative estimate of drug-likeness (QED) is 0.588. The van der Waals surface area contributed by atoms with Gasteiger partial charge in [0.15, 0.2) is 0 Å². The zero-order valence-electron chi connectivity index (χ0n) is 14.6. The molecule has 2 rings (SSSR count). The number of hydrogen-bond acceptors (Lipinski definition) is 5. The third-order valence-electron chi connectivity index (χ3n) is 3.50. The molecule has 0 unspecified atom stereocenters. The number of rotatable bonds is 8. The number of ether oxygens (including phenoxy) is 2. The summed E-state index contributed by atoms with van der Waals surface area (Å²) in [6, 6.07) is 12.2. The van der Waals surface area contributed by atoms with Crippen molar-refractivity contribution in [2.75, 3.05) is 13.7 Å². The van der Waals surface area contributed by atoms with Gasteiger partial charge in [0.25, 0.3) is 0 Å². The van der Waals surface area contributed by atoms with Gasteiger partial charge in [0, 0.05) is 17.0 Å². The molecular formula is C19H24N2O2S. The lowest BCUT2D eigenvalue weighted by molar-refractivity contribution is 0.270. The number of hydrogen-bond donors (Lipinski definition) is 1. The lowest BCUT2D eigenvalue weighted by Gasteiger charge is -2.15. The molecule has 5 heteroatoms. The highest BCUT2D eigenvalue weighted by atomic mass is 32.2. The van der Waals surface area contributed by atoms with Crippen LogP contribution in [0.25, 0.3) is 0 Å². The monoisotopic (exact) mass is 344 g/mol. The molecular weight excluding hydrogens is 320 g/mol. The lowest BCUT2D eigenvalue weighted by atomic mass is 10.2. The van der Waals surface area contributed by atoms with E-state index in [-0.39, 0.29) is 0 Å². The fourth-order valence-corrected chi connectivity index (χ4v) is 3.08. The summed E-state index contributed by atoms with van der Waals surface area (Å²) in [5, 5.41) is 3.56. The standard InChI is InChI=1S/C19H24N2O2S/c1-5-14-6-8-15(9-7-14)24-19-11-17(23-12-13(2)3)16(21-20)10-18(19)22-4/h6-11,13,20H,5,12H2,1-4H3. The molecule has 0 amide bonds. The van der Waals surface area contributed by atoms with Crippen LogP contribution >= 0.6 is 11.8 Å². The Labute approximate surface area is 148 Å². The average Bonchev–Trinajstić information content (AvgIpc) is 2.60. The largest absolute Gasteiger partial charge is 0.495 e. The zero-order chi connectivity index (χ0) is 17.5. The summed E-state index contributed by atoms with van der Waals surface area (Å²) in [6.45, 7) is 6.91. The first-order chi connectivity index (χ1) is 11.6. The minimum absolute atomic E-state index is 0.406. The van der Waals surface area contributed by atoms with Gasteiger partial charge < -0.3 is 9.47 Å². The van der Waals surface area contributed by atoms with E-state index in [1.54, 1.807) is 24.9 Å². The van der Waals surface area contributed by atoms with Crippen LogP contribution in [0.1, 0.15) is 26.3 Å². The van der Waals surface area contributed by atoms with E-state index in [9.17, 15) is 0 Å². The van der Waals surface area contributed by atoms with Crippen molar-refractivity contribution in [3.63, 3.8) is 0 Å². The average molecular weight is 344 g/mol. The number of nitrogens with zero attached hydrogens (tertiary/aromatic N) is 1. The molecule has 2 aromatic rings. The van der Waals surface area contributed by atoms with Crippen LogP contribution in [0.15, 0.2) is 51.3 Å². The molecule has 0 spiro atoms. The molecule has 2 aromatic carbocycles. The van der Waals surface area contributed by atoms with Gasteiger partial charge in [0.2, 0.25) is 0 Å². The minimum Gasteiger partial charge on any atom is -0.495 e. The van der Waals surface area contributed by atoms with Gasteiger partial charge in [0.1, 0.15) is 17.2 Å². The maximum Gasteiger partial charge on any atom is 0.148 e. The topological polar surface area (TPSA) is 54.7 Å². The van der Waals surface area contributed by atoms with Crippen molar-refractivity contribution in [3.05, 3.63) is 42.0 Å². The molecule has 0 saturated carbocycles. The van der Waals surface area contributed by atoms with Crippen molar-refractivity contribution in [1.82, 2.24) is 0 Å². The summed E-state index contributed by atoms with van der Waals surface area (Å²) < 4.78 is 11.3. The van der Waals surface area contributed by atoms with E-state index in [4.69, 9.17) is 15.0 Å². The molecule has 0 aromatic heterocycles. The molecule has 0 aliphatic carbocycles. The number of benzene rings is 2. The summed E-state index contributed by atoms with van der Waals surface area (Å²) in [7, 11) is 1.63. The first-order valence-corrected chi connectivity index (χ1v) is 8.88. The van der Waals surface area contributed by atoms with Gasteiger partial charge in [-0.3, -0.25) is 0 Å². The Balaban J connectivity index is 2.31. The van der Waals surface area contributed by atoms with Gasteiger partial charge >= 0.3 is 0 Å². The van der Waals surface area contributed by atoms with Crippen LogP contribution in [-0.2, 0) is 6.42 Å². The van der Waals surface area contributed by atoms with Crippen LogP contribution in [0.5, 0.6) is 11.5 Å². The van der Waals surface area contributed by atoms with E-state index in [0.29, 0.717) is 29.7 Å². The van der Waals surface area contributed by atoms with Crippen LogP contribution in [0.4, 0.5) is 5.69 Å². The highest BCUT2D eigenvalue weighted by molar-refractivity contribution is 7.99. The molecule has 128 valence electrons. The van der Waals surface area contributed by atoms with E-state index in [1.807, 2.05) is 6.07 Å². The first-order valence-electron chi connectivity index (χ1n) is 8.06. The van der Waals surface area contributed by atoms with Crippen molar-refractivity contribution in [3.8, 4) is 11.5 Å². The van der Waals surface area contributed by atoms with Gasteiger partial charge in [-0.25, -0.2) is 5.53 Å². The first kappa shape index (κ1) is 18.3. The molecule has 1 N–H and O–H groups in total. The highest BCUT2D eigenvalue weighted by Crippen LogP contribution is 2.42. The second-order valence-electron chi connectivity index (χ2n) is 5.89. The third kappa shape index (κ3) is 4.74. The number of nitrogens with one attached hydrogen (secondary N) is 1. The van der Waals surface area contributed by atoms with Crippen molar-refractivity contribution in [2.45, 2.75) is 37.0 Å². The molecule has 0 bridgehead atoms. The summed E-state index contributed by atoms with van der Waals surface area (Å²) in [5.74, 6) is 1.72. The molecule has 0 aliphatic heterocycles. The molecule has 0 aliphatic rings. The SMILES string of the molecule is CCc1ccc(Sc2cc(OCC(C)C)c(N=N)cc2OC)cc1. The Morgan fingerprint density at radius 1 is 1.12 bits per heavy atom. The predicted octanol–water partition coefficient (Wildman–Crippen LogP) is 6.11. The van der Waals surface area contributed by atoms with E-state index in [0.717, 1.165) is 16.2 Å². The maximum absolute atomic E-state index is 7.36. The Morgan fingerprint density at radius 3 is 2.38 bits per heavy atom. The highest BCUT2D eigenvalue weighted by Gasteiger charge is 2.13. The molecule has 24 heavy (non-hydrogen) atoms. The van der Waals surface area contributed by atoms with Gasteiger partial charge in [0.05, 0.1) is 18.6 Å². The smallest absolute Gasteiger partial charge is 0.148 e. The van der Waals surface area contributed by atoms with Crippen LogP contribution in [0, 0.1) is 11.4 Å². The normalized spacial score (nSPS) is 10.7. The Hall–Kier alpha value is -2.01. The second-order valence-corrected chi connectivity index (χ2v) is 7.00. The van der Waals surface area contributed by atoms with Crippen molar-refractivity contribution < 1.29 is 9.47 Å². The summed E-state index contributed by atoms with van der Waals surface area (Å²) in [5.41, 5.74) is 9.16. The predicted molar refractivity (Wildman–Crippen MR) is 98.1 cm³/mol. The lowest BCUT2D eigenvalue weighted by Crippen LogP contribution is -2.04. The van der Waals surface area contributed by atoms with E-state index in [1.165, 1.54) is 5.56 Å². The molecule has 0 saturated heterocycles. The van der Waals surface area contributed by atoms with Crippen molar-refractivity contribution >= 4 is 17.4 Å². The zero-order valence-corrected chi connectivity index (χ0v) is 15.4. The van der Waals surface area contributed by atoms with Crippen LogP contribution in [0.2, 0.25) is 0 Å². The van der Waals surface area contributed by atoms with E-state index >= 15 is 0 Å². The molecule has 0 heterocycles. The number of methoxy groups -OCH3 is 1. The fraction of sp³-hybridized carbons (Fsp3) is 0.368. The van der Waals surface area contributed by atoms with Crippen LogP contribution in [-0.4, -0.2) is 13.7 Å². The summed E-state index contributed by atoms with van der Waals surface area (Å²) >= 11 is 1.62. The summed E-state index contributed by atoms with van der Waals surface area (Å²) in [6.07, 6.45) is 1.03. The minimum atomic E-state index is 0.406. The van der Waals surface area contributed by atoms with Crippen LogP contribution < -0.4 is 9.47 Å². The van der Waals surface area contributed by atoms with Gasteiger partial charge in [-0.15, -0.1) is 0 Å². The molecule has 0 atom stereocenters. The van der Waals surface area contributed by atoms with Gasteiger partial charge in [-0.05, 0) is 30.0 Å².